The molecule has 4 nitrogen and oxygen atoms in total. The molecule has 0 unspecified atom stereocenters. The summed E-state index contributed by atoms with van der Waals surface area (Å²) in [4.78, 5) is -0.116. The summed E-state index contributed by atoms with van der Waals surface area (Å²) in [6, 6.07) is 2.70. The Kier molecular flexibility index (Phi) is 6.51. The molecule has 0 aliphatic rings. The van der Waals surface area contributed by atoms with Gasteiger partial charge in [0.25, 0.3) is 0 Å². The molecule has 0 aromatic heterocycles. The largest absolute Gasteiger partial charge is 0.395 e. The number of halogens is 2. The molecule has 0 heterocycles. The van der Waals surface area contributed by atoms with Gasteiger partial charge in [0.1, 0.15) is 4.90 Å². The number of sulfonamides is 1. The van der Waals surface area contributed by atoms with Gasteiger partial charge in [-0.2, -0.15) is 4.31 Å². The maximum absolute atomic E-state index is 12.5. The predicted octanol–water partition coefficient (Wildman–Crippen LogP) is 2.76. The van der Waals surface area contributed by atoms with Crippen molar-refractivity contribution in [1.29, 1.82) is 0 Å². The molecule has 0 aliphatic heterocycles. The molecule has 0 atom stereocenters. The van der Waals surface area contributed by atoms with Crippen LogP contribution in [0.25, 0.3) is 0 Å². The van der Waals surface area contributed by atoms with Crippen molar-refractivity contribution in [1.82, 2.24) is 4.31 Å². The van der Waals surface area contributed by atoms with E-state index in [2.05, 4.69) is 11.8 Å². The number of nitrogens with zero attached hydrogens (tertiary/aromatic N) is 1. The van der Waals surface area contributed by atoms with E-state index in [4.69, 9.17) is 28.3 Å². The highest BCUT2D eigenvalue weighted by atomic mass is 35.5. The van der Waals surface area contributed by atoms with Crippen LogP contribution in [0.4, 0.5) is 0 Å². The minimum absolute atomic E-state index is 0.0308. The van der Waals surface area contributed by atoms with E-state index in [1.54, 1.807) is 13.8 Å². The van der Waals surface area contributed by atoms with E-state index >= 15 is 0 Å². The fourth-order valence-electron chi connectivity index (χ4n) is 1.52. The second-order valence-corrected chi connectivity index (χ2v) is 7.41. The highest BCUT2D eigenvalue weighted by molar-refractivity contribution is 7.89. The molecule has 0 bridgehead atoms. The van der Waals surface area contributed by atoms with Gasteiger partial charge >= 0.3 is 0 Å². The highest BCUT2D eigenvalue weighted by Crippen LogP contribution is 2.33. The number of hydrogen-bond donors (Lipinski definition) is 1. The molecule has 1 N–H and O–H groups in total. The maximum atomic E-state index is 12.5. The minimum atomic E-state index is -3.76. The van der Waals surface area contributed by atoms with E-state index in [-0.39, 0.29) is 27.6 Å². The predicted molar refractivity (Wildman–Crippen MR) is 85.1 cm³/mol. The lowest BCUT2D eigenvalue weighted by atomic mass is 10.2. The molecule has 21 heavy (non-hydrogen) atoms. The molecule has 1 aromatic carbocycles. The first-order valence-corrected chi connectivity index (χ1v) is 8.48. The van der Waals surface area contributed by atoms with Crippen molar-refractivity contribution in [3.63, 3.8) is 0 Å². The van der Waals surface area contributed by atoms with E-state index in [1.807, 2.05) is 0 Å². The SMILES string of the molecule is CC(C)N(C)S(=O)(=O)c1c(Cl)cc(C#CCCO)cc1Cl. The molecule has 0 amide bonds. The summed E-state index contributed by atoms with van der Waals surface area (Å²) in [7, 11) is -2.29. The fraction of sp³-hybridized carbons (Fsp3) is 0.429. The average Bonchev–Trinajstić information content (AvgIpc) is 2.36. The Balaban J connectivity index is 3.33. The number of rotatable bonds is 4. The Morgan fingerprint density at radius 3 is 2.24 bits per heavy atom. The smallest absolute Gasteiger partial charge is 0.246 e. The molecule has 0 aliphatic carbocycles. The van der Waals surface area contributed by atoms with E-state index < -0.39 is 10.0 Å². The third-order valence-corrected chi connectivity index (χ3v) is 5.79. The van der Waals surface area contributed by atoms with Gasteiger partial charge in [0, 0.05) is 25.1 Å². The van der Waals surface area contributed by atoms with Gasteiger partial charge in [-0.15, -0.1) is 0 Å². The Bertz CT molecular complexity index is 652. The molecule has 0 spiro atoms. The lowest BCUT2D eigenvalue weighted by Gasteiger charge is -2.22. The van der Waals surface area contributed by atoms with Crippen LogP contribution < -0.4 is 0 Å². The van der Waals surface area contributed by atoms with Gasteiger partial charge in [-0.1, -0.05) is 35.0 Å². The van der Waals surface area contributed by atoms with E-state index in [1.165, 1.54) is 23.5 Å². The molecule has 1 rings (SSSR count). The van der Waals surface area contributed by atoms with Gasteiger partial charge in [0.05, 0.1) is 16.7 Å². The standard InChI is InChI=1S/C14H17Cl2NO3S/c1-10(2)17(3)21(19,20)14-12(15)8-11(9-13(14)16)6-4-5-7-18/h8-10,18H,5,7H2,1-3H3. The summed E-state index contributed by atoms with van der Waals surface area (Å²) in [5.74, 6) is 5.50. The summed E-state index contributed by atoms with van der Waals surface area (Å²) < 4.78 is 26.2. The lowest BCUT2D eigenvalue weighted by molar-refractivity contribution is 0.305. The molecular weight excluding hydrogens is 333 g/mol. The molecule has 0 saturated heterocycles. The first-order chi connectivity index (χ1) is 9.71. The van der Waals surface area contributed by atoms with Crippen molar-refractivity contribution in [2.24, 2.45) is 0 Å². The summed E-state index contributed by atoms with van der Waals surface area (Å²) in [5.41, 5.74) is 0.504. The van der Waals surface area contributed by atoms with Gasteiger partial charge in [-0.25, -0.2) is 8.42 Å². The quantitative estimate of drug-likeness (QED) is 0.850. The number of aliphatic hydroxyl groups excluding tert-OH is 1. The average molecular weight is 350 g/mol. The molecule has 0 radical (unpaired) electrons. The van der Waals surface area contributed by atoms with Crippen LogP contribution in [0.2, 0.25) is 10.0 Å². The Labute approximate surface area is 135 Å². The molecule has 0 saturated carbocycles. The van der Waals surface area contributed by atoms with Crippen LogP contribution in [-0.2, 0) is 10.0 Å². The van der Waals surface area contributed by atoms with Crippen molar-refractivity contribution in [3.8, 4) is 11.8 Å². The lowest BCUT2D eigenvalue weighted by Crippen LogP contribution is -2.33. The van der Waals surface area contributed by atoms with Gasteiger partial charge in [-0.3, -0.25) is 0 Å². The third-order valence-electron chi connectivity index (χ3n) is 2.83. The summed E-state index contributed by atoms with van der Waals surface area (Å²) in [6.45, 7) is 3.47. The summed E-state index contributed by atoms with van der Waals surface area (Å²) in [5, 5.41) is 8.74. The number of benzene rings is 1. The fourth-order valence-corrected chi connectivity index (χ4v) is 4.05. The zero-order valence-electron chi connectivity index (χ0n) is 12.0. The first kappa shape index (κ1) is 18.3. The van der Waals surface area contributed by atoms with Crippen LogP contribution in [0, 0.1) is 11.8 Å². The highest BCUT2D eigenvalue weighted by Gasteiger charge is 2.28. The second-order valence-electron chi connectivity index (χ2n) is 4.66. The zero-order chi connectivity index (χ0) is 16.2. The van der Waals surface area contributed by atoms with Crippen LogP contribution in [0.1, 0.15) is 25.8 Å². The van der Waals surface area contributed by atoms with Crippen molar-refractivity contribution < 1.29 is 13.5 Å². The van der Waals surface area contributed by atoms with Crippen LogP contribution in [0.15, 0.2) is 17.0 Å². The molecule has 1 aromatic rings. The van der Waals surface area contributed by atoms with Gasteiger partial charge in [-0.05, 0) is 26.0 Å². The number of aliphatic hydroxyl groups is 1. The van der Waals surface area contributed by atoms with E-state index in [0.717, 1.165) is 0 Å². The van der Waals surface area contributed by atoms with Crippen molar-refractivity contribution in [2.75, 3.05) is 13.7 Å². The van der Waals surface area contributed by atoms with Crippen LogP contribution in [0.5, 0.6) is 0 Å². The molecule has 116 valence electrons. The summed E-state index contributed by atoms with van der Waals surface area (Å²) >= 11 is 12.1. The van der Waals surface area contributed by atoms with Gasteiger partial charge in [0.15, 0.2) is 0 Å². The first-order valence-electron chi connectivity index (χ1n) is 6.28. The zero-order valence-corrected chi connectivity index (χ0v) is 14.3. The van der Waals surface area contributed by atoms with Crippen LogP contribution in [0.3, 0.4) is 0 Å². The third kappa shape index (κ3) is 4.35. The van der Waals surface area contributed by atoms with E-state index in [9.17, 15) is 8.42 Å². The monoisotopic (exact) mass is 349 g/mol. The summed E-state index contributed by atoms with van der Waals surface area (Å²) in [6.07, 6.45) is 0.325. The van der Waals surface area contributed by atoms with Crippen molar-refractivity contribution in [2.45, 2.75) is 31.2 Å². The van der Waals surface area contributed by atoms with Crippen molar-refractivity contribution >= 4 is 33.2 Å². The van der Waals surface area contributed by atoms with Crippen molar-refractivity contribution in [3.05, 3.63) is 27.7 Å². The minimum Gasteiger partial charge on any atom is -0.395 e. The van der Waals surface area contributed by atoms with Crippen LogP contribution in [-0.4, -0.2) is 37.5 Å². The van der Waals surface area contributed by atoms with E-state index in [0.29, 0.717) is 12.0 Å². The Morgan fingerprint density at radius 1 is 1.29 bits per heavy atom. The van der Waals surface area contributed by atoms with Crippen LogP contribution >= 0.6 is 23.2 Å². The maximum Gasteiger partial charge on any atom is 0.246 e. The van der Waals surface area contributed by atoms with Gasteiger partial charge in [0.2, 0.25) is 10.0 Å². The van der Waals surface area contributed by atoms with Gasteiger partial charge < -0.3 is 5.11 Å². The molecule has 7 heteroatoms. The normalized spacial score (nSPS) is 11.6. The topological polar surface area (TPSA) is 57.6 Å². The number of hydrogen-bond acceptors (Lipinski definition) is 3. The molecule has 0 fully saturated rings. The Morgan fingerprint density at radius 2 is 1.81 bits per heavy atom. The molecular formula is C14H17Cl2NO3S. The Hall–Kier alpha value is -0.770. The second kappa shape index (κ2) is 7.48.